The average Bonchev–Trinajstić information content (AvgIpc) is 2.90. The van der Waals surface area contributed by atoms with Crippen molar-refractivity contribution in [2.75, 3.05) is 24.2 Å². The molecule has 208 valence electrons. The smallest absolute Gasteiger partial charge is 0.242 e. The molecule has 8 heteroatoms. The molecule has 0 aliphatic carbocycles. The third-order valence-corrected chi connectivity index (χ3v) is 8.13. The Bertz CT molecular complexity index is 1390. The fourth-order valence-corrected chi connectivity index (χ4v) is 5.73. The fourth-order valence-electron chi connectivity index (χ4n) is 4.72. The summed E-state index contributed by atoms with van der Waals surface area (Å²) in [5.74, 6) is -0.441. The van der Waals surface area contributed by atoms with Gasteiger partial charge in [-0.3, -0.25) is 13.9 Å². The van der Waals surface area contributed by atoms with Crippen LogP contribution < -0.4 is 9.62 Å². The van der Waals surface area contributed by atoms with Gasteiger partial charge in [-0.05, 0) is 55.5 Å². The Morgan fingerprint density at radius 1 is 0.897 bits per heavy atom. The summed E-state index contributed by atoms with van der Waals surface area (Å²) in [5.41, 5.74) is 5.45. The summed E-state index contributed by atoms with van der Waals surface area (Å²) in [6.45, 7) is 6.27. The lowest BCUT2D eigenvalue weighted by molar-refractivity contribution is -0.141. The van der Waals surface area contributed by atoms with E-state index in [-0.39, 0.29) is 31.3 Å². The van der Waals surface area contributed by atoms with Crippen molar-refractivity contribution >= 4 is 27.5 Å². The molecule has 0 aliphatic heterocycles. The van der Waals surface area contributed by atoms with E-state index in [4.69, 9.17) is 0 Å². The van der Waals surface area contributed by atoms with Gasteiger partial charge < -0.3 is 10.2 Å². The second-order valence-corrected chi connectivity index (χ2v) is 11.9. The molecule has 2 amide bonds. The van der Waals surface area contributed by atoms with Gasteiger partial charge in [0.2, 0.25) is 21.8 Å². The molecular weight excluding hydrogens is 510 g/mol. The van der Waals surface area contributed by atoms with E-state index < -0.39 is 16.1 Å². The van der Waals surface area contributed by atoms with Crippen molar-refractivity contribution in [1.29, 1.82) is 0 Å². The molecule has 0 spiro atoms. The molecule has 0 saturated heterocycles. The maximum Gasteiger partial charge on any atom is 0.242 e. The van der Waals surface area contributed by atoms with Crippen LogP contribution in [0.25, 0.3) is 0 Å². The predicted octanol–water partition coefficient (Wildman–Crippen LogP) is 4.54. The molecule has 0 fully saturated rings. The molecule has 1 N–H and O–H groups in total. The van der Waals surface area contributed by atoms with Crippen LogP contribution in [0.15, 0.2) is 72.8 Å². The van der Waals surface area contributed by atoms with Crippen molar-refractivity contribution in [2.24, 2.45) is 0 Å². The van der Waals surface area contributed by atoms with Crippen LogP contribution in [-0.4, -0.2) is 51.0 Å². The summed E-state index contributed by atoms with van der Waals surface area (Å²) in [5, 5.41) is 2.72. The Kier molecular flexibility index (Phi) is 10.3. The third kappa shape index (κ3) is 8.17. The fraction of sp³-hybridized carbons (Fsp3) is 0.355. The molecule has 3 aromatic rings. The lowest BCUT2D eigenvalue weighted by atomic mass is 10.0. The molecular formula is C31H39N3O4S. The highest BCUT2D eigenvalue weighted by molar-refractivity contribution is 7.92. The van der Waals surface area contributed by atoms with Crippen LogP contribution >= 0.6 is 0 Å². The monoisotopic (exact) mass is 549 g/mol. The summed E-state index contributed by atoms with van der Waals surface area (Å²) in [6.07, 6.45) is 1.97. The van der Waals surface area contributed by atoms with E-state index in [0.29, 0.717) is 18.5 Å². The third-order valence-electron chi connectivity index (χ3n) is 6.95. The number of nitrogens with one attached hydrogen (secondary N) is 1. The van der Waals surface area contributed by atoms with E-state index in [1.807, 2.05) is 87.5 Å². The number of aryl methyl sites for hydroxylation is 2. The van der Waals surface area contributed by atoms with E-state index in [2.05, 4.69) is 5.32 Å². The molecule has 3 aromatic carbocycles. The number of sulfonamides is 1. The zero-order valence-electron chi connectivity index (χ0n) is 23.5. The number of carbonyl (C=O) groups is 2. The first-order valence-corrected chi connectivity index (χ1v) is 15.0. The largest absolute Gasteiger partial charge is 0.357 e. The van der Waals surface area contributed by atoms with Crippen molar-refractivity contribution in [3.05, 3.63) is 101 Å². The van der Waals surface area contributed by atoms with Gasteiger partial charge in [0.1, 0.15) is 6.04 Å². The Morgan fingerprint density at radius 3 is 2.21 bits per heavy atom. The zero-order chi connectivity index (χ0) is 28.6. The second-order valence-electron chi connectivity index (χ2n) is 9.99. The number of benzene rings is 3. The Labute approximate surface area is 232 Å². The molecule has 1 atom stereocenters. The van der Waals surface area contributed by atoms with E-state index in [1.54, 1.807) is 18.0 Å². The highest BCUT2D eigenvalue weighted by Crippen LogP contribution is 2.26. The molecule has 0 unspecified atom stereocenters. The van der Waals surface area contributed by atoms with Gasteiger partial charge in [0.25, 0.3) is 0 Å². The normalized spacial score (nSPS) is 12.0. The van der Waals surface area contributed by atoms with Gasteiger partial charge in [0, 0.05) is 33.0 Å². The summed E-state index contributed by atoms with van der Waals surface area (Å²) < 4.78 is 26.8. The maximum atomic E-state index is 13.8. The van der Waals surface area contributed by atoms with Crippen molar-refractivity contribution in [3.63, 3.8) is 0 Å². The van der Waals surface area contributed by atoms with Gasteiger partial charge in [-0.25, -0.2) is 8.42 Å². The van der Waals surface area contributed by atoms with Crippen LogP contribution in [0.1, 0.15) is 40.7 Å². The molecule has 0 radical (unpaired) electrons. The molecule has 0 bridgehead atoms. The minimum absolute atomic E-state index is 0.102. The molecule has 0 heterocycles. The number of amides is 2. The van der Waals surface area contributed by atoms with E-state index in [0.717, 1.165) is 27.8 Å². The quantitative estimate of drug-likeness (QED) is 0.359. The Balaban J connectivity index is 1.86. The summed E-state index contributed by atoms with van der Waals surface area (Å²) in [4.78, 5) is 28.5. The molecule has 0 saturated carbocycles. The average molecular weight is 550 g/mol. The van der Waals surface area contributed by atoms with Gasteiger partial charge >= 0.3 is 0 Å². The lowest BCUT2D eigenvalue weighted by Gasteiger charge is -2.32. The number of hydrogen-bond acceptors (Lipinski definition) is 4. The summed E-state index contributed by atoms with van der Waals surface area (Å²) in [7, 11) is -1.99. The van der Waals surface area contributed by atoms with E-state index >= 15 is 0 Å². The minimum atomic E-state index is -3.56. The first-order valence-electron chi connectivity index (χ1n) is 13.2. The van der Waals surface area contributed by atoms with Gasteiger partial charge in [-0.15, -0.1) is 0 Å². The first-order chi connectivity index (χ1) is 18.5. The molecule has 0 aromatic heterocycles. The number of hydrogen-bond donors (Lipinski definition) is 1. The van der Waals surface area contributed by atoms with Crippen LogP contribution in [0, 0.1) is 20.8 Å². The number of carbonyl (C=O) groups excluding carboxylic acids is 2. The molecule has 39 heavy (non-hydrogen) atoms. The summed E-state index contributed by atoms with van der Waals surface area (Å²) >= 11 is 0. The van der Waals surface area contributed by atoms with Crippen LogP contribution in [0.4, 0.5) is 5.69 Å². The maximum absolute atomic E-state index is 13.8. The SMILES string of the molecule is CNC(=O)[C@@H](Cc1ccccc1)N(Cc1cccc(C)c1)C(=O)CCCN(c1cccc(C)c1C)S(C)(=O)=O. The van der Waals surface area contributed by atoms with Crippen molar-refractivity contribution in [1.82, 2.24) is 10.2 Å². The molecule has 3 rings (SSSR count). The van der Waals surface area contributed by atoms with Crippen LogP contribution in [0.2, 0.25) is 0 Å². The Hall–Kier alpha value is -3.65. The lowest BCUT2D eigenvalue weighted by Crippen LogP contribution is -2.49. The molecule has 0 aliphatic rings. The summed E-state index contributed by atoms with van der Waals surface area (Å²) in [6, 6.07) is 22.4. The van der Waals surface area contributed by atoms with Crippen LogP contribution in [0.3, 0.4) is 0 Å². The molecule has 7 nitrogen and oxygen atoms in total. The van der Waals surface area contributed by atoms with E-state index in [9.17, 15) is 18.0 Å². The van der Waals surface area contributed by atoms with Crippen LogP contribution in [0.5, 0.6) is 0 Å². The highest BCUT2D eigenvalue weighted by atomic mass is 32.2. The number of rotatable bonds is 12. The van der Waals surface area contributed by atoms with Gasteiger partial charge in [0.05, 0.1) is 11.9 Å². The zero-order valence-corrected chi connectivity index (χ0v) is 24.3. The second kappa shape index (κ2) is 13.4. The van der Waals surface area contributed by atoms with Crippen molar-refractivity contribution < 1.29 is 18.0 Å². The van der Waals surface area contributed by atoms with Crippen LogP contribution in [-0.2, 0) is 32.6 Å². The van der Waals surface area contributed by atoms with Crippen molar-refractivity contribution in [3.8, 4) is 0 Å². The standard InChI is InChI=1S/C31H39N3O4S/c1-23-12-9-16-27(20-23)22-33(29(31(36)32-4)21-26-14-7-6-8-15-26)30(35)18-11-19-34(39(5,37)38)28-17-10-13-24(2)25(28)3/h6-10,12-17,20,29H,11,18-19,21-22H2,1-5H3,(H,32,36)/t29-/m1/s1. The topological polar surface area (TPSA) is 86.8 Å². The predicted molar refractivity (Wildman–Crippen MR) is 157 cm³/mol. The van der Waals surface area contributed by atoms with Gasteiger partial charge in [-0.1, -0.05) is 72.3 Å². The van der Waals surface area contributed by atoms with E-state index in [1.165, 1.54) is 10.6 Å². The van der Waals surface area contributed by atoms with Crippen molar-refractivity contribution in [2.45, 2.75) is 52.6 Å². The Morgan fingerprint density at radius 2 is 1.56 bits per heavy atom. The number of anilines is 1. The number of likely N-dealkylation sites (N-methyl/N-ethyl adjacent to an activating group) is 1. The first kappa shape index (κ1) is 29.9. The number of nitrogens with zero attached hydrogens (tertiary/aromatic N) is 2. The van der Waals surface area contributed by atoms with Gasteiger partial charge in [0.15, 0.2) is 0 Å². The highest BCUT2D eigenvalue weighted by Gasteiger charge is 2.30. The minimum Gasteiger partial charge on any atom is -0.357 e. The van der Waals surface area contributed by atoms with Gasteiger partial charge in [-0.2, -0.15) is 0 Å².